The van der Waals surface area contributed by atoms with E-state index in [4.69, 9.17) is 10.3 Å². The summed E-state index contributed by atoms with van der Waals surface area (Å²) in [6.45, 7) is 3.68. The Hall–Kier alpha value is -1.73. The fourth-order valence-electron chi connectivity index (χ4n) is 2.38. The summed E-state index contributed by atoms with van der Waals surface area (Å²) >= 11 is 0. The summed E-state index contributed by atoms with van der Waals surface area (Å²) in [5.41, 5.74) is 5.71. The van der Waals surface area contributed by atoms with Gasteiger partial charge in [-0.3, -0.25) is 13.9 Å². The van der Waals surface area contributed by atoms with E-state index >= 15 is 0 Å². The van der Waals surface area contributed by atoms with E-state index in [1.165, 1.54) is 0 Å². The van der Waals surface area contributed by atoms with Crippen LogP contribution in [0.4, 0.5) is 0 Å². The van der Waals surface area contributed by atoms with Crippen molar-refractivity contribution in [3.8, 4) is 0 Å². The second-order valence-corrected chi connectivity index (χ2v) is 8.20. The number of carboxylic acids is 1. The van der Waals surface area contributed by atoms with Gasteiger partial charge in [0.2, 0.25) is 0 Å². The van der Waals surface area contributed by atoms with Crippen LogP contribution in [0.15, 0.2) is 30.3 Å². The molecule has 8 nitrogen and oxygen atoms in total. The molecule has 1 rings (SSSR count). The molecule has 1 aromatic carbocycles. The van der Waals surface area contributed by atoms with E-state index in [1.807, 2.05) is 0 Å². The molecule has 9 heteroatoms. The fourth-order valence-corrected chi connectivity index (χ4v) is 4.10. The third-order valence-electron chi connectivity index (χ3n) is 3.77. The molecule has 0 radical (unpaired) electrons. The summed E-state index contributed by atoms with van der Waals surface area (Å²) in [6, 6.07) is 8.24. The van der Waals surface area contributed by atoms with Crippen molar-refractivity contribution in [3.63, 3.8) is 0 Å². The molecule has 1 aromatic rings. The standard InChI is InChI=1S/C17H27N2O6P/c1-12(2)16(19-15(20)13-8-4-3-5-9-13)26(23,24)25-14(17(21)22)10-6-7-11-18/h3-5,8-9,12,14,16H,6-7,10-11,18H2,1-2H3,(H,19,20)(H,21,22)(H,23,24)/t14-,16?/m1/s1. The van der Waals surface area contributed by atoms with E-state index in [0.717, 1.165) is 0 Å². The summed E-state index contributed by atoms with van der Waals surface area (Å²) in [7, 11) is -4.44. The topological polar surface area (TPSA) is 139 Å². The van der Waals surface area contributed by atoms with Gasteiger partial charge >= 0.3 is 13.6 Å². The van der Waals surface area contributed by atoms with Crippen molar-refractivity contribution in [3.05, 3.63) is 35.9 Å². The van der Waals surface area contributed by atoms with Crippen molar-refractivity contribution in [1.82, 2.24) is 5.32 Å². The van der Waals surface area contributed by atoms with Crippen LogP contribution >= 0.6 is 7.60 Å². The molecule has 5 N–H and O–H groups in total. The first kappa shape index (κ1) is 22.3. The van der Waals surface area contributed by atoms with Gasteiger partial charge in [-0.05, 0) is 43.9 Å². The molecule has 1 amide bonds. The maximum Gasteiger partial charge on any atom is 0.351 e. The third-order valence-corrected chi connectivity index (χ3v) is 5.76. The second-order valence-electron chi connectivity index (χ2n) is 6.31. The number of rotatable bonds is 11. The first-order chi connectivity index (χ1) is 12.2. The Morgan fingerprint density at radius 1 is 1.23 bits per heavy atom. The normalized spacial score (nSPS) is 15.9. The van der Waals surface area contributed by atoms with Crippen LogP contribution in [-0.2, 0) is 13.9 Å². The number of amides is 1. The summed E-state index contributed by atoms with van der Waals surface area (Å²) in [4.78, 5) is 34.0. The zero-order valence-electron chi connectivity index (χ0n) is 15.0. The molecule has 26 heavy (non-hydrogen) atoms. The molecular weight excluding hydrogens is 359 g/mol. The lowest BCUT2D eigenvalue weighted by Crippen LogP contribution is -2.40. The fraction of sp³-hybridized carbons (Fsp3) is 0.529. The minimum absolute atomic E-state index is 0.0640. The van der Waals surface area contributed by atoms with Crippen LogP contribution < -0.4 is 11.1 Å². The van der Waals surface area contributed by atoms with E-state index in [1.54, 1.807) is 44.2 Å². The maximum absolute atomic E-state index is 12.7. The average Bonchev–Trinajstić information content (AvgIpc) is 2.58. The zero-order valence-corrected chi connectivity index (χ0v) is 15.9. The predicted molar refractivity (Wildman–Crippen MR) is 97.8 cm³/mol. The Labute approximate surface area is 153 Å². The molecule has 146 valence electrons. The van der Waals surface area contributed by atoms with Crippen molar-refractivity contribution in [1.29, 1.82) is 0 Å². The minimum Gasteiger partial charge on any atom is -0.479 e. The van der Waals surface area contributed by atoms with Gasteiger partial charge in [-0.1, -0.05) is 32.0 Å². The van der Waals surface area contributed by atoms with Crippen LogP contribution in [-0.4, -0.2) is 40.3 Å². The van der Waals surface area contributed by atoms with Crippen molar-refractivity contribution in [2.45, 2.75) is 45.0 Å². The quantitative estimate of drug-likeness (QED) is 0.338. The maximum atomic E-state index is 12.7. The van der Waals surface area contributed by atoms with Crippen LogP contribution in [0.3, 0.4) is 0 Å². The van der Waals surface area contributed by atoms with Gasteiger partial charge < -0.3 is 21.1 Å². The number of unbranched alkanes of at least 4 members (excludes halogenated alkanes) is 1. The van der Waals surface area contributed by atoms with Gasteiger partial charge in [0.25, 0.3) is 5.91 Å². The summed E-state index contributed by atoms with van der Waals surface area (Å²) in [5.74, 6) is -3.53. The van der Waals surface area contributed by atoms with Gasteiger partial charge in [0.05, 0.1) is 0 Å². The number of carbonyl (C=O) groups is 2. The largest absolute Gasteiger partial charge is 0.479 e. The van der Waals surface area contributed by atoms with E-state index in [-0.39, 0.29) is 6.42 Å². The summed E-state index contributed by atoms with van der Waals surface area (Å²) < 4.78 is 17.8. The highest BCUT2D eigenvalue weighted by Crippen LogP contribution is 2.50. The zero-order chi connectivity index (χ0) is 19.7. The van der Waals surface area contributed by atoms with Gasteiger partial charge in [0, 0.05) is 5.56 Å². The number of hydrogen-bond acceptors (Lipinski definition) is 5. The lowest BCUT2D eigenvalue weighted by atomic mass is 10.1. The SMILES string of the molecule is CC(C)C(NC(=O)c1ccccc1)P(=O)(O)O[C@H](CCCCN)C(=O)O. The number of hydrogen-bond donors (Lipinski definition) is 4. The minimum atomic E-state index is -4.44. The van der Waals surface area contributed by atoms with Crippen molar-refractivity contribution in [2.75, 3.05) is 6.54 Å². The summed E-state index contributed by atoms with van der Waals surface area (Å²) in [6.07, 6.45) is -0.335. The number of carbonyl (C=O) groups excluding carboxylic acids is 1. The molecule has 0 spiro atoms. The highest BCUT2D eigenvalue weighted by Gasteiger charge is 2.40. The molecule has 0 saturated heterocycles. The van der Waals surface area contributed by atoms with Crippen LogP contribution in [0.5, 0.6) is 0 Å². The van der Waals surface area contributed by atoms with Gasteiger partial charge in [-0.15, -0.1) is 0 Å². The van der Waals surface area contributed by atoms with E-state index in [2.05, 4.69) is 5.32 Å². The van der Waals surface area contributed by atoms with Crippen molar-refractivity contribution < 1.29 is 28.7 Å². The number of aliphatic carboxylic acids is 1. The molecule has 0 aromatic heterocycles. The Balaban J connectivity index is 2.89. The van der Waals surface area contributed by atoms with Crippen molar-refractivity contribution >= 4 is 19.5 Å². The van der Waals surface area contributed by atoms with Crippen LogP contribution in [0.25, 0.3) is 0 Å². The Morgan fingerprint density at radius 2 is 1.85 bits per heavy atom. The molecule has 0 bridgehead atoms. The second kappa shape index (κ2) is 10.4. The first-order valence-electron chi connectivity index (χ1n) is 8.48. The number of nitrogens with two attached hydrogens (primary N) is 1. The average molecular weight is 386 g/mol. The van der Waals surface area contributed by atoms with Gasteiger partial charge in [-0.25, -0.2) is 4.79 Å². The molecule has 0 aliphatic rings. The highest BCUT2D eigenvalue weighted by molar-refractivity contribution is 7.53. The molecule has 0 aliphatic heterocycles. The summed E-state index contributed by atoms with van der Waals surface area (Å²) in [5, 5.41) is 11.7. The van der Waals surface area contributed by atoms with E-state index in [9.17, 15) is 24.2 Å². The Bertz CT molecular complexity index is 637. The Kier molecular flexibility index (Phi) is 8.95. The molecule has 0 aliphatic carbocycles. The van der Waals surface area contributed by atoms with Gasteiger partial charge in [0.15, 0.2) is 6.10 Å². The smallest absolute Gasteiger partial charge is 0.351 e. The number of benzene rings is 1. The molecule has 2 unspecified atom stereocenters. The van der Waals surface area contributed by atoms with Crippen LogP contribution in [0, 0.1) is 5.92 Å². The molecule has 0 fully saturated rings. The van der Waals surface area contributed by atoms with Gasteiger partial charge in [-0.2, -0.15) is 0 Å². The lowest BCUT2D eigenvalue weighted by molar-refractivity contribution is -0.145. The van der Waals surface area contributed by atoms with E-state index in [0.29, 0.717) is 24.9 Å². The molecule has 0 saturated carbocycles. The number of carboxylic acid groups (broad SMARTS) is 1. The van der Waals surface area contributed by atoms with Crippen molar-refractivity contribution in [2.24, 2.45) is 11.7 Å². The monoisotopic (exact) mass is 386 g/mol. The lowest BCUT2D eigenvalue weighted by Gasteiger charge is -2.28. The highest BCUT2D eigenvalue weighted by atomic mass is 31.2. The number of nitrogens with one attached hydrogen (secondary N) is 1. The van der Waals surface area contributed by atoms with Crippen LogP contribution in [0.2, 0.25) is 0 Å². The van der Waals surface area contributed by atoms with E-state index < -0.39 is 37.3 Å². The van der Waals surface area contributed by atoms with Crippen LogP contribution in [0.1, 0.15) is 43.5 Å². The molecular formula is C17H27N2O6P. The van der Waals surface area contributed by atoms with Gasteiger partial charge in [0.1, 0.15) is 5.78 Å². The first-order valence-corrected chi connectivity index (χ1v) is 10.1. The third kappa shape index (κ3) is 6.88. The Morgan fingerprint density at radius 3 is 2.35 bits per heavy atom. The molecule has 3 atom stereocenters. The predicted octanol–water partition coefficient (Wildman–Crippen LogP) is 2.18. The molecule has 0 heterocycles.